The quantitative estimate of drug-likeness (QED) is 0.703. The van der Waals surface area contributed by atoms with Crippen LogP contribution in [0.5, 0.6) is 0 Å². The fraction of sp³-hybridized carbons (Fsp3) is 0.308. The molecule has 0 heterocycles. The van der Waals surface area contributed by atoms with Crippen molar-refractivity contribution in [3.05, 3.63) is 42.0 Å². The molecular formula is C13H18Cl2Zr. The Kier molecular flexibility index (Phi) is 7.02. The molecule has 0 saturated carbocycles. The van der Waals surface area contributed by atoms with Crippen LogP contribution in [0, 0.1) is 0 Å². The van der Waals surface area contributed by atoms with Gasteiger partial charge < -0.3 is 0 Å². The van der Waals surface area contributed by atoms with E-state index < -0.39 is 21.3 Å². The van der Waals surface area contributed by atoms with Gasteiger partial charge in [-0.25, -0.2) is 0 Å². The zero-order valence-corrected chi connectivity index (χ0v) is 13.8. The van der Waals surface area contributed by atoms with Gasteiger partial charge in [0, 0.05) is 0 Å². The van der Waals surface area contributed by atoms with E-state index in [1.165, 1.54) is 24.0 Å². The van der Waals surface area contributed by atoms with E-state index in [1.54, 1.807) is 6.56 Å². The van der Waals surface area contributed by atoms with Crippen LogP contribution in [0.2, 0.25) is 0 Å². The van der Waals surface area contributed by atoms with Crippen molar-refractivity contribution in [2.24, 2.45) is 0 Å². The molecule has 0 aliphatic heterocycles. The summed E-state index contributed by atoms with van der Waals surface area (Å²) in [6.07, 6.45) is 11.5. The van der Waals surface area contributed by atoms with Gasteiger partial charge in [0.05, 0.1) is 0 Å². The standard InChI is InChI=1S/C7H9.C5H5.CH2.2ClH.Zr/c1-6-3-4-7(2)5-6;1-2-4-5-3-1;;;;/h5H,3H2,1-2H3;1-3H,4H2;1H2;2*1H;. The van der Waals surface area contributed by atoms with Gasteiger partial charge in [-0.15, -0.1) is 24.8 Å². The zero-order valence-electron chi connectivity index (χ0n) is 9.75. The van der Waals surface area contributed by atoms with Crippen molar-refractivity contribution in [1.82, 2.24) is 0 Å². The van der Waals surface area contributed by atoms with Crippen LogP contribution in [0.15, 0.2) is 42.0 Å². The second-order valence-corrected chi connectivity index (χ2v) is 9.55. The van der Waals surface area contributed by atoms with Crippen LogP contribution in [0.1, 0.15) is 26.7 Å². The molecule has 0 unspecified atom stereocenters. The first-order valence-electron chi connectivity index (χ1n) is 5.11. The number of hydrogen-bond acceptors (Lipinski definition) is 0. The Morgan fingerprint density at radius 2 is 1.94 bits per heavy atom. The average molecular weight is 336 g/mol. The summed E-state index contributed by atoms with van der Waals surface area (Å²) in [5, 5.41) is 0. The van der Waals surface area contributed by atoms with Gasteiger partial charge >= 0.3 is 94.2 Å². The fourth-order valence-electron chi connectivity index (χ4n) is 2.14. The van der Waals surface area contributed by atoms with Crippen LogP contribution >= 0.6 is 24.8 Å². The predicted molar refractivity (Wildman–Crippen MR) is 74.5 cm³/mol. The molecule has 0 atom stereocenters. The summed E-state index contributed by atoms with van der Waals surface area (Å²) in [6, 6.07) is 0. The van der Waals surface area contributed by atoms with Crippen LogP contribution in [-0.4, -0.2) is 4.21 Å². The van der Waals surface area contributed by atoms with Crippen molar-refractivity contribution in [1.29, 1.82) is 0 Å². The molecule has 88 valence electrons. The van der Waals surface area contributed by atoms with Gasteiger partial charge in [-0.05, 0) is 0 Å². The Morgan fingerprint density at radius 1 is 1.25 bits per heavy atom. The molecule has 0 saturated heterocycles. The Morgan fingerprint density at radius 3 is 2.38 bits per heavy atom. The molecule has 3 heteroatoms. The second kappa shape index (κ2) is 6.89. The molecule has 0 fully saturated rings. The van der Waals surface area contributed by atoms with Gasteiger partial charge in [-0.1, -0.05) is 0 Å². The number of hydrogen-bond donors (Lipinski definition) is 0. The van der Waals surface area contributed by atoms with Crippen molar-refractivity contribution in [3.63, 3.8) is 0 Å². The Labute approximate surface area is 118 Å². The van der Waals surface area contributed by atoms with Crippen molar-refractivity contribution < 1.29 is 21.3 Å². The van der Waals surface area contributed by atoms with Gasteiger partial charge in [0.15, 0.2) is 0 Å². The monoisotopic (exact) mass is 334 g/mol. The summed E-state index contributed by atoms with van der Waals surface area (Å²) in [7, 11) is 0. The van der Waals surface area contributed by atoms with E-state index in [1.807, 2.05) is 0 Å². The topological polar surface area (TPSA) is 0 Å². The van der Waals surface area contributed by atoms with E-state index in [9.17, 15) is 0 Å². The minimum atomic E-state index is -1.62. The molecule has 2 rings (SSSR count). The van der Waals surface area contributed by atoms with Gasteiger partial charge in [0.25, 0.3) is 0 Å². The zero-order chi connectivity index (χ0) is 10.1. The first-order chi connectivity index (χ1) is 6.68. The second-order valence-electron chi connectivity index (χ2n) is 4.13. The maximum atomic E-state index is 4.48. The van der Waals surface area contributed by atoms with Crippen molar-refractivity contribution in [2.45, 2.75) is 26.7 Å². The molecule has 0 aromatic rings. The number of rotatable bonds is 2. The minimum absolute atomic E-state index is 0. The molecule has 2 aliphatic carbocycles. The van der Waals surface area contributed by atoms with Crippen LogP contribution < -0.4 is 0 Å². The summed E-state index contributed by atoms with van der Waals surface area (Å²) in [5.74, 6) is 0. The van der Waals surface area contributed by atoms with E-state index in [4.69, 9.17) is 0 Å². The molecule has 0 aromatic carbocycles. The molecule has 0 amide bonds. The fourth-order valence-corrected chi connectivity index (χ4v) is 7.27. The molecule has 0 spiro atoms. The molecule has 0 nitrogen and oxygen atoms in total. The molecular weight excluding hydrogens is 318 g/mol. The molecule has 0 aromatic heterocycles. The van der Waals surface area contributed by atoms with Gasteiger partial charge in [0.2, 0.25) is 0 Å². The Balaban J connectivity index is 0.00000112. The van der Waals surface area contributed by atoms with Crippen LogP contribution in [0.3, 0.4) is 0 Å². The Bertz CT molecular complexity index is 412. The normalized spacial score (nSPS) is 17.6. The van der Waals surface area contributed by atoms with Crippen LogP contribution in [0.25, 0.3) is 0 Å². The van der Waals surface area contributed by atoms with E-state index in [0.29, 0.717) is 0 Å². The first kappa shape index (κ1) is 16.3. The third-order valence-electron chi connectivity index (χ3n) is 2.92. The average Bonchev–Trinajstić information content (AvgIpc) is 2.73. The van der Waals surface area contributed by atoms with Gasteiger partial charge in [0.1, 0.15) is 0 Å². The number of halogens is 2. The summed E-state index contributed by atoms with van der Waals surface area (Å²) in [5.41, 5.74) is 3.03. The van der Waals surface area contributed by atoms with Gasteiger partial charge in [-0.3, -0.25) is 0 Å². The van der Waals surface area contributed by atoms with E-state index >= 15 is 0 Å². The molecule has 0 radical (unpaired) electrons. The third kappa shape index (κ3) is 3.39. The first-order valence-corrected chi connectivity index (χ1v) is 9.30. The van der Waals surface area contributed by atoms with Crippen molar-refractivity contribution in [2.75, 3.05) is 0 Å². The summed E-state index contributed by atoms with van der Waals surface area (Å²) >= 11 is -1.62. The van der Waals surface area contributed by atoms with Gasteiger partial charge in [-0.2, -0.15) is 0 Å². The molecule has 0 N–H and O–H groups in total. The predicted octanol–water partition coefficient (Wildman–Crippen LogP) is 4.35. The van der Waals surface area contributed by atoms with Crippen molar-refractivity contribution in [3.8, 4) is 0 Å². The van der Waals surface area contributed by atoms with E-state index in [0.717, 1.165) is 0 Å². The van der Waals surface area contributed by atoms with Crippen LogP contribution in [-0.2, 0) is 21.3 Å². The molecule has 16 heavy (non-hydrogen) atoms. The summed E-state index contributed by atoms with van der Waals surface area (Å²) in [6.45, 7) is 4.48. The Hall–Kier alpha value is 0.293. The van der Waals surface area contributed by atoms with E-state index in [-0.39, 0.29) is 24.8 Å². The SMILES string of the molecule is Cl.Cl.[CH2]=[Zr]([C]1=CC=CC1)[C]1=C(C)C=C(C)C1. The third-order valence-corrected chi connectivity index (χ3v) is 8.93. The van der Waals surface area contributed by atoms with Crippen molar-refractivity contribution >= 4 is 29.0 Å². The maximum absolute atomic E-state index is 4.48. The molecule has 0 bridgehead atoms. The van der Waals surface area contributed by atoms with E-state index in [2.05, 4.69) is 42.4 Å². The summed E-state index contributed by atoms with van der Waals surface area (Å²) in [4.78, 5) is 0. The number of allylic oxidation sites excluding steroid dienone is 8. The van der Waals surface area contributed by atoms with Crippen LogP contribution in [0.4, 0.5) is 0 Å². The molecule has 2 aliphatic rings. The summed E-state index contributed by atoms with van der Waals surface area (Å²) < 4.78 is 7.85.